The number of aromatic amines is 1. The summed E-state index contributed by atoms with van der Waals surface area (Å²) in [6.45, 7) is 0. The maximum Gasteiger partial charge on any atom is 0.258 e. The maximum atomic E-state index is 12.6. The van der Waals surface area contributed by atoms with Crippen molar-refractivity contribution in [3.63, 3.8) is 0 Å². The molecular formula is C22H19N3O. The van der Waals surface area contributed by atoms with Crippen LogP contribution in [-0.4, -0.2) is 22.9 Å². The van der Waals surface area contributed by atoms with Gasteiger partial charge in [0.15, 0.2) is 0 Å². The number of anilines is 1. The van der Waals surface area contributed by atoms with Crippen LogP contribution in [0, 0.1) is 0 Å². The van der Waals surface area contributed by atoms with Crippen LogP contribution in [0.2, 0.25) is 0 Å². The van der Waals surface area contributed by atoms with Crippen LogP contribution < -0.4 is 4.90 Å². The van der Waals surface area contributed by atoms with Crippen molar-refractivity contribution in [2.75, 3.05) is 11.9 Å². The standard InChI is InChI=1S/C22H19N3O/c1-25(18-7-3-2-4-8-18)22(26)17-13-11-16(12-14-17)15-21-23-19-9-5-6-10-20(19)24-21/h2-14H,15H2,1H3,(H,23,24). The number of nitrogens with one attached hydrogen (secondary N) is 1. The van der Waals surface area contributed by atoms with E-state index in [2.05, 4.69) is 9.97 Å². The van der Waals surface area contributed by atoms with Crippen molar-refractivity contribution in [1.82, 2.24) is 9.97 Å². The highest BCUT2D eigenvalue weighted by atomic mass is 16.2. The van der Waals surface area contributed by atoms with Crippen LogP contribution in [0.4, 0.5) is 5.69 Å². The van der Waals surface area contributed by atoms with E-state index < -0.39 is 0 Å². The second-order valence-corrected chi connectivity index (χ2v) is 6.27. The van der Waals surface area contributed by atoms with Gasteiger partial charge in [-0.05, 0) is 42.0 Å². The molecule has 0 aliphatic carbocycles. The first kappa shape index (κ1) is 16.1. The molecule has 128 valence electrons. The fraction of sp³-hybridized carbons (Fsp3) is 0.0909. The van der Waals surface area contributed by atoms with Gasteiger partial charge in [-0.1, -0.05) is 42.5 Å². The molecule has 4 aromatic rings. The number of nitrogens with zero attached hydrogens (tertiary/aromatic N) is 2. The third-order valence-electron chi connectivity index (χ3n) is 4.46. The van der Waals surface area contributed by atoms with Gasteiger partial charge in [0.05, 0.1) is 11.0 Å². The lowest BCUT2D eigenvalue weighted by atomic mass is 10.1. The predicted molar refractivity (Wildman–Crippen MR) is 105 cm³/mol. The zero-order chi connectivity index (χ0) is 17.9. The fourth-order valence-corrected chi connectivity index (χ4v) is 3.01. The molecule has 1 aromatic heterocycles. The van der Waals surface area contributed by atoms with Crippen LogP contribution in [0.25, 0.3) is 11.0 Å². The van der Waals surface area contributed by atoms with Crippen LogP contribution in [0.15, 0.2) is 78.9 Å². The first-order valence-electron chi connectivity index (χ1n) is 8.56. The van der Waals surface area contributed by atoms with Crippen molar-refractivity contribution < 1.29 is 4.79 Å². The van der Waals surface area contributed by atoms with Crippen molar-refractivity contribution in [3.8, 4) is 0 Å². The smallest absolute Gasteiger partial charge is 0.258 e. The molecule has 4 nitrogen and oxygen atoms in total. The second kappa shape index (κ2) is 6.84. The van der Waals surface area contributed by atoms with Gasteiger partial charge in [-0.15, -0.1) is 0 Å². The van der Waals surface area contributed by atoms with Crippen molar-refractivity contribution >= 4 is 22.6 Å². The number of imidazole rings is 1. The minimum absolute atomic E-state index is 0.0218. The lowest BCUT2D eigenvalue weighted by Gasteiger charge is -2.17. The highest BCUT2D eigenvalue weighted by Gasteiger charge is 2.13. The SMILES string of the molecule is CN(C(=O)c1ccc(Cc2nc3ccccc3[nH]2)cc1)c1ccccc1. The maximum absolute atomic E-state index is 12.6. The Balaban J connectivity index is 1.50. The van der Waals surface area contributed by atoms with Crippen LogP contribution in [-0.2, 0) is 6.42 Å². The molecule has 4 rings (SSSR count). The van der Waals surface area contributed by atoms with Crippen LogP contribution in [0.1, 0.15) is 21.7 Å². The molecule has 0 atom stereocenters. The Hall–Kier alpha value is -3.40. The minimum Gasteiger partial charge on any atom is -0.342 e. The Kier molecular flexibility index (Phi) is 4.23. The summed E-state index contributed by atoms with van der Waals surface area (Å²) in [6.07, 6.45) is 0.706. The quantitative estimate of drug-likeness (QED) is 0.597. The van der Waals surface area contributed by atoms with E-state index in [-0.39, 0.29) is 5.91 Å². The Morgan fingerprint density at radius 1 is 0.923 bits per heavy atom. The fourth-order valence-electron chi connectivity index (χ4n) is 3.01. The number of aromatic nitrogens is 2. The highest BCUT2D eigenvalue weighted by molar-refractivity contribution is 6.05. The number of amides is 1. The third kappa shape index (κ3) is 3.22. The molecule has 1 heterocycles. The zero-order valence-corrected chi connectivity index (χ0v) is 14.5. The minimum atomic E-state index is -0.0218. The predicted octanol–water partition coefficient (Wildman–Crippen LogP) is 4.43. The molecular weight excluding hydrogens is 322 g/mol. The molecule has 0 aliphatic heterocycles. The molecule has 0 radical (unpaired) electrons. The monoisotopic (exact) mass is 341 g/mol. The van der Waals surface area contributed by atoms with Crippen LogP contribution >= 0.6 is 0 Å². The van der Waals surface area contributed by atoms with Gasteiger partial charge in [0.1, 0.15) is 5.82 Å². The van der Waals surface area contributed by atoms with Gasteiger partial charge >= 0.3 is 0 Å². The van der Waals surface area contributed by atoms with Crippen molar-refractivity contribution in [2.24, 2.45) is 0 Å². The van der Waals surface area contributed by atoms with Gasteiger partial charge in [0, 0.05) is 24.7 Å². The zero-order valence-electron chi connectivity index (χ0n) is 14.5. The van der Waals surface area contributed by atoms with Crippen molar-refractivity contribution in [2.45, 2.75) is 6.42 Å². The van der Waals surface area contributed by atoms with Crippen molar-refractivity contribution in [1.29, 1.82) is 0 Å². The number of carbonyl (C=O) groups is 1. The average molecular weight is 341 g/mol. The summed E-state index contributed by atoms with van der Waals surface area (Å²) < 4.78 is 0. The summed E-state index contributed by atoms with van der Waals surface area (Å²) in [7, 11) is 1.79. The van der Waals surface area contributed by atoms with E-state index in [1.54, 1.807) is 11.9 Å². The molecule has 0 saturated carbocycles. The lowest BCUT2D eigenvalue weighted by molar-refractivity contribution is 0.0993. The van der Waals surface area contributed by atoms with Crippen LogP contribution in [0.5, 0.6) is 0 Å². The van der Waals surface area contributed by atoms with Gasteiger partial charge in [-0.2, -0.15) is 0 Å². The third-order valence-corrected chi connectivity index (χ3v) is 4.46. The Morgan fingerprint density at radius 2 is 1.62 bits per heavy atom. The lowest BCUT2D eigenvalue weighted by Crippen LogP contribution is -2.26. The number of H-pyrrole nitrogens is 1. The van der Waals surface area contributed by atoms with Gasteiger partial charge in [-0.3, -0.25) is 4.79 Å². The van der Waals surface area contributed by atoms with E-state index in [1.165, 1.54) is 0 Å². The number of fused-ring (bicyclic) bond motifs is 1. The summed E-state index contributed by atoms with van der Waals surface area (Å²) in [6, 6.07) is 25.4. The first-order valence-corrected chi connectivity index (χ1v) is 8.56. The Labute approximate surface area is 152 Å². The first-order chi connectivity index (χ1) is 12.7. The summed E-state index contributed by atoms with van der Waals surface area (Å²) in [5.74, 6) is 0.901. The summed E-state index contributed by atoms with van der Waals surface area (Å²) >= 11 is 0. The van der Waals surface area contributed by atoms with Gasteiger partial charge in [-0.25, -0.2) is 4.98 Å². The topological polar surface area (TPSA) is 49.0 Å². The molecule has 0 aliphatic rings. The number of hydrogen-bond donors (Lipinski definition) is 1. The van der Waals surface area contributed by atoms with Gasteiger partial charge in [0.2, 0.25) is 0 Å². The number of rotatable bonds is 4. The number of benzene rings is 3. The van der Waals surface area contributed by atoms with Gasteiger partial charge < -0.3 is 9.88 Å². The number of hydrogen-bond acceptors (Lipinski definition) is 2. The molecule has 0 fully saturated rings. The molecule has 0 spiro atoms. The molecule has 1 amide bonds. The molecule has 26 heavy (non-hydrogen) atoms. The largest absolute Gasteiger partial charge is 0.342 e. The molecule has 3 aromatic carbocycles. The van der Waals surface area contributed by atoms with Gasteiger partial charge in [0.25, 0.3) is 5.91 Å². The molecule has 4 heteroatoms. The summed E-state index contributed by atoms with van der Waals surface area (Å²) in [5, 5.41) is 0. The van der Waals surface area contributed by atoms with E-state index in [0.29, 0.717) is 12.0 Å². The molecule has 0 bridgehead atoms. The van der Waals surface area contributed by atoms with Crippen molar-refractivity contribution in [3.05, 3.63) is 95.8 Å². The molecule has 0 saturated heterocycles. The highest BCUT2D eigenvalue weighted by Crippen LogP contribution is 2.17. The Morgan fingerprint density at radius 3 is 2.35 bits per heavy atom. The average Bonchev–Trinajstić information content (AvgIpc) is 3.10. The van der Waals surface area contributed by atoms with E-state index in [4.69, 9.17) is 0 Å². The van der Waals surface area contributed by atoms with E-state index >= 15 is 0 Å². The van der Waals surface area contributed by atoms with Crippen LogP contribution in [0.3, 0.4) is 0 Å². The summed E-state index contributed by atoms with van der Waals surface area (Å²) in [4.78, 5) is 22.2. The number of carbonyl (C=O) groups excluding carboxylic acids is 1. The Bertz CT molecular complexity index is 1000. The van der Waals surface area contributed by atoms with E-state index in [1.807, 2.05) is 78.9 Å². The van der Waals surface area contributed by atoms with E-state index in [0.717, 1.165) is 28.1 Å². The van der Waals surface area contributed by atoms with E-state index in [9.17, 15) is 4.79 Å². The second-order valence-electron chi connectivity index (χ2n) is 6.27. The normalized spacial score (nSPS) is 10.8. The number of para-hydroxylation sites is 3. The molecule has 1 N–H and O–H groups in total. The summed E-state index contributed by atoms with van der Waals surface area (Å²) in [5.41, 5.74) is 4.68. The molecule has 0 unspecified atom stereocenters.